The molecule has 8 heteroatoms. The highest BCUT2D eigenvalue weighted by Crippen LogP contribution is 2.48. The normalized spacial score (nSPS) is 12.2. The number of pyridine rings is 1. The minimum atomic E-state index is -0.278. The van der Waals surface area contributed by atoms with Gasteiger partial charge in [-0.1, -0.05) is 70.1 Å². The Hall–Kier alpha value is -1.49. The quantitative estimate of drug-likeness (QED) is 0.246. The predicted octanol–water partition coefficient (Wildman–Crippen LogP) is 6.86. The first-order chi connectivity index (χ1) is 12.4. The summed E-state index contributed by atoms with van der Waals surface area (Å²) in [6.07, 6.45) is 0. The highest BCUT2D eigenvalue weighted by atomic mass is 35.5. The van der Waals surface area contributed by atoms with Crippen molar-refractivity contribution in [2.45, 2.75) is 0 Å². The van der Waals surface area contributed by atoms with Crippen molar-refractivity contribution >= 4 is 96.2 Å². The van der Waals surface area contributed by atoms with Gasteiger partial charge in [0.1, 0.15) is 5.65 Å². The van der Waals surface area contributed by atoms with E-state index in [-0.39, 0.29) is 30.7 Å². The van der Waals surface area contributed by atoms with Gasteiger partial charge in [0.2, 0.25) is 0 Å². The standard InChI is InChI=1S/C18H5Cl5N2O/c19-7-5-6-10-11(13(7)20)14(21)16(23)15(22)12(10)17-24-8-3-1-2-4-9(8)25(17)18(6)26/h1-5H. The summed E-state index contributed by atoms with van der Waals surface area (Å²) in [7, 11) is 0. The number of nitrogens with zero attached hydrogens (tertiary/aromatic N) is 2. The second kappa shape index (κ2) is 5.51. The third-order valence-electron chi connectivity index (χ3n) is 4.51. The molecule has 0 fully saturated rings. The Morgan fingerprint density at radius 3 is 2.27 bits per heavy atom. The van der Waals surface area contributed by atoms with Crippen molar-refractivity contribution in [3.05, 3.63) is 65.8 Å². The van der Waals surface area contributed by atoms with E-state index in [0.717, 1.165) is 0 Å². The van der Waals surface area contributed by atoms with Crippen molar-refractivity contribution in [2.75, 3.05) is 0 Å². The minimum Gasteiger partial charge on any atom is -0.268 e. The first-order valence-corrected chi connectivity index (χ1v) is 9.31. The number of aromatic nitrogens is 2. The van der Waals surface area contributed by atoms with Gasteiger partial charge in [-0.2, -0.15) is 0 Å². The maximum atomic E-state index is 13.2. The summed E-state index contributed by atoms with van der Waals surface area (Å²) in [5.41, 5.74) is 1.45. The largest absolute Gasteiger partial charge is 0.268 e. The van der Waals surface area contributed by atoms with Crippen molar-refractivity contribution in [1.29, 1.82) is 0 Å². The molecule has 0 N–H and O–H groups in total. The predicted molar refractivity (Wildman–Crippen MR) is 110 cm³/mol. The minimum absolute atomic E-state index is 0.138. The van der Waals surface area contributed by atoms with Crippen LogP contribution in [0.2, 0.25) is 25.1 Å². The molecule has 0 radical (unpaired) electrons. The lowest BCUT2D eigenvalue weighted by atomic mass is 10.0. The molecule has 3 nitrogen and oxygen atoms in total. The Labute approximate surface area is 170 Å². The molecule has 0 unspecified atom stereocenters. The van der Waals surface area contributed by atoms with Gasteiger partial charge in [0.05, 0.1) is 41.5 Å². The molecule has 0 amide bonds. The van der Waals surface area contributed by atoms with Crippen LogP contribution < -0.4 is 5.56 Å². The molecular formula is C18H5Cl5N2O. The average molecular weight is 443 g/mol. The van der Waals surface area contributed by atoms with E-state index in [4.69, 9.17) is 58.0 Å². The van der Waals surface area contributed by atoms with E-state index in [1.165, 1.54) is 10.5 Å². The van der Waals surface area contributed by atoms with Gasteiger partial charge in [-0.15, -0.1) is 0 Å². The Morgan fingerprint density at radius 2 is 1.50 bits per heavy atom. The van der Waals surface area contributed by atoms with Gasteiger partial charge >= 0.3 is 0 Å². The highest BCUT2D eigenvalue weighted by Gasteiger charge is 2.25. The van der Waals surface area contributed by atoms with Gasteiger partial charge in [0, 0.05) is 16.2 Å². The summed E-state index contributed by atoms with van der Waals surface area (Å²) in [5, 5.41) is 2.70. The van der Waals surface area contributed by atoms with Crippen LogP contribution in [-0.2, 0) is 0 Å². The average Bonchev–Trinajstić information content (AvgIpc) is 3.01. The maximum absolute atomic E-state index is 13.2. The van der Waals surface area contributed by atoms with E-state index in [2.05, 4.69) is 4.98 Å². The van der Waals surface area contributed by atoms with Crippen LogP contribution in [0.25, 0.3) is 38.2 Å². The zero-order valence-corrected chi connectivity index (χ0v) is 16.4. The Balaban J connectivity index is 2.30. The van der Waals surface area contributed by atoms with E-state index in [9.17, 15) is 4.79 Å². The fraction of sp³-hybridized carbons (Fsp3) is 0. The van der Waals surface area contributed by atoms with Crippen LogP contribution in [-0.4, -0.2) is 9.38 Å². The summed E-state index contributed by atoms with van der Waals surface area (Å²) < 4.78 is 1.51. The van der Waals surface area contributed by atoms with Gasteiger partial charge in [0.15, 0.2) is 0 Å². The highest BCUT2D eigenvalue weighted by molar-refractivity contribution is 6.57. The summed E-state index contributed by atoms with van der Waals surface area (Å²) in [4.78, 5) is 17.8. The van der Waals surface area contributed by atoms with Crippen LogP contribution in [0.3, 0.4) is 0 Å². The number of fused-ring (bicyclic) bond motifs is 4. The molecule has 0 aliphatic heterocycles. The van der Waals surface area contributed by atoms with Gasteiger partial charge in [-0.3, -0.25) is 9.20 Å². The maximum Gasteiger partial charge on any atom is 0.264 e. The van der Waals surface area contributed by atoms with Gasteiger partial charge in [0.25, 0.3) is 5.56 Å². The zero-order valence-electron chi connectivity index (χ0n) is 12.6. The van der Waals surface area contributed by atoms with Gasteiger partial charge in [-0.05, 0) is 18.2 Å². The van der Waals surface area contributed by atoms with E-state index in [1.807, 2.05) is 24.3 Å². The van der Waals surface area contributed by atoms with E-state index in [0.29, 0.717) is 38.2 Å². The number of hydrogen-bond acceptors (Lipinski definition) is 2. The molecule has 26 heavy (non-hydrogen) atoms. The lowest BCUT2D eigenvalue weighted by molar-refractivity contribution is 1.19. The summed E-state index contributed by atoms with van der Waals surface area (Å²) in [6.45, 7) is 0. The van der Waals surface area contributed by atoms with Gasteiger partial charge < -0.3 is 0 Å². The smallest absolute Gasteiger partial charge is 0.264 e. The van der Waals surface area contributed by atoms with Crippen molar-refractivity contribution in [2.24, 2.45) is 0 Å². The third-order valence-corrected chi connectivity index (χ3v) is 6.63. The molecule has 2 aromatic heterocycles. The van der Waals surface area contributed by atoms with Crippen molar-refractivity contribution in [3.8, 4) is 0 Å². The van der Waals surface area contributed by atoms with Crippen molar-refractivity contribution in [3.63, 3.8) is 0 Å². The Bertz CT molecular complexity index is 1460. The first kappa shape index (κ1) is 16.7. The number of imidazole rings is 1. The van der Waals surface area contributed by atoms with Crippen molar-refractivity contribution < 1.29 is 0 Å². The second-order valence-electron chi connectivity index (χ2n) is 5.85. The fourth-order valence-electron chi connectivity index (χ4n) is 3.42. The molecule has 5 aromatic rings. The number of rotatable bonds is 0. The van der Waals surface area contributed by atoms with Crippen LogP contribution in [0, 0.1) is 0 Å². The van der Waals surface area contributed by atoms with Gasteiger partial charge in [-0.25, -0.2) is 4.98 Å². The molecule has 3 aromatic carbocycles. The fourth-order valence-corrected chi connectivity index (χ4v) is 4.71. The lowest BCUT2D eigenvalue weighted by Crippen LogP contribution is -2.13. The van der Waals surface area contributed by atoms with E-state index < -0.39 is 0 Å². The third kappa shape index (κ3) is 1.93. The van der Waals surface area contributed by atoms with E-state index >= 15 is 0 Å². The van der Waals surface area contributed by atoms with Crippen LogP contribution in [0.5, 0.6) is 0 Å². The van der Waals surface area contributed by atoms with Crippen LogP contribution in [0.1, 0.15) is 0 Å². The lowest BCUT2D eigenvalue weighted by Gasteiger charge is -2.14. The molecular weight excluding hydrogens is 437 g/mol. The number of para-hydroxylation sites is 2. The molecule has 0 spiro atoms. The molecule has 0 bridgehead atoms. The first-order valence-electron chi connectivity index (χ1n) is 7.42. The van der Waals surface area contributed by atoms with Crippen LogP contribution >= 0.6 is 58.0 Å². The molecule has 0 aliphatic rings. The molecule has 0 atom stereocenters. The number of halogens is 5. The molecule has 5 rings (SSSR count). The summed E-state index contributed by atoms with van der Waals surface area (Å²) in [6, 6.07) is 8.84. The SMILES string of the molecule is O=c1c2cc(Cl)c(Cl)c3c(Cl)c(Cl)c(Cl)c(c32)c2nc3ccccc3n12. The molecule has 0 saturated carbocycles. The molecule has 0 aliphatic carbocycles. The Morgan fingerprint density at radius 1 is 0.808 bits per heavy atom. The topological polar surface area (TPSA) is 34.4 Å². The molecule has 2 heterocycles. The summed E-state index contributed by atoms with van der Waals surface area (Å²) >= 11 is 31.9. The zero-order chi connectivity index (χ0) is 18.3. The van der Waals surface area contributed by atoms with Crippen LogP contribution in [0.4, 0.5) is 0 Å². The Kier molecular flexibility index (Phi) is 3.53. The van der Waals surface area contributed by atoms with Crippen LogP contribution in [0.15, 0.2) is 35.1 Å². The van der Waals surface area contributed by atoms with Crippen molar-refractivity contribution in [1.82, 2.24) is 9.38 Å². The number of benzene rings is 3. The monoisotopic (exact) mass is 440 g/mol. The molecule has 128 valence electrons. The summed E-state index contributed by atoms with van der Waals surface area (Å²) in [5.74, 6) is 0. The second-order valence-corrected chi connectivity index (χ2v) is 7.77. The number of hydrogen-bond donors (Lipinski definition) is 0. The van der Waals surface area contributed by atoms with E-state index in [1.54, 1.807) is 0 Å². The molecule has 0 saturated heterocycles.